The standard InChI is InChI=1S/C16H22N2/c1-4-13(3)11-18-12-14(10-17-5-2)15-8-6-7-9-16(15)18/h6-9,12,17H,3-5,10-11H2,1-2H3. The molecule has 0 aliphatic rings. The van der Waals surface area contributed by atoms with E-state index < -0.39 is 0 Å². The van der Waals surface area contributed by atoms with Crippen molar-refractivity contribution in [1.29, 1.82) is 0 Å². The van der Waals surface area contributed by atoms with E-state index in [9.17, 15) is 0 Å². The molecule has 0 spiro atoms. The largest absolute Gasteiger partial charge is 0.343 e. The van der Waals surface area contributed by atoms with Gasteiger partial charge in [0.15, 0.2) is 0 Å². The van der Waals surface area contributed by atoms with Crippen molar-refractivity contribution in [2.75, 3.05) is 6.54 Å². The van der Waals surface area contributed by atoms with Crippen molar-refractivity contribution in [3.63, 3.8) is 0 Å². The van der Waals surface area contributed by atoms with Gasteiger partial charge < -0.3 is 9.88 Å². The molecule has 0 amide bonds. The maximum Gasteiger partial charge on any atom is 0.0486 e. The molecule has 2 nitrogen and oxygen atoms in total. The van der Waals surface area contributed by atoms with Crippen molar-refractivity contribution in [3.8, 4) is 0 Å². The van der Waals surface area contributed by atoms with Crippen molar-refractivity contribution in [3.05, 3.63) is 48.2 Å². The Morgan fingerprint density at radius 1 is 1.28 bits per heavy atom. The minimum atomic E-state index is 0.920. The van der Waals surface area contributed by atoms with Crippen molar-refractivity contribution in [1.82, 2.24) is 9.88 Å². The Kier molecular flexibility index (Phi) is 4.21. The van der Waals surface area contributed by atoms with E-state index in [1.54, 1.807) is 0 Å². The van der Waals surface area contributed by atoms with E-state index in [-0.39, 0.29) is 0 Å². The maximum atomic E-state index is 4.11. The molecule has 18 heavy (non-hydrogen) atoms. The lowest BCUT2D eigenvalue weighted by Gasteiger charge is -2.06. The first-order chi connectivity index (χ1) is 8.76. The number of benzene rings is 1. The van der Waals surface area contributed by atoms with Gasteiger partial charge >= 0.3 is 0 Å². The molecule has 0 saturated heterocycles. The lowest BCUT2D eigenvalue weighted by atomic mass is 10.2. The normalized spacial score (nSPS) is 11.0. The summed E-state index contributed by atoms with van der Waals surface area (Å²) in [6, 6.07) is 8.60. The first kappa shape index (κ1) is 12.9. The van der Waals surface area contributed by atoms with E-state index >= 15 is 0 Å². The van der Waals surface area contributed by atoms with Crippen LogP contribution in [-0.4, -0.2) is 11.1 Å². The number of hydrogen-bond donors (Lipinski definition) is 1. The molecule has 1 heterocycles. The molecular weight excluding hydrogens is 220 g/mol. The van der Waals surface area contributed by atoms with E-state index in [2.05, 4.69) is 60.8 Å². The number of hydrogen-bond acceptors (Lipinski definition) is 1. The van der Waals surface area contributed by atoms with Crippen LogP contribution in [0.15, 0.2) is 42.6 Å². The molecule has 2 rings (SSSR count). The van der Waals surface area contributed by atoms with Gasteiger partial charge in [-0.25, -0.2) is 0 Å². The molecule has 0 bridgehead atoms. The van der Waals surface area contributed by atoms with Crippen LogP contribution in [0, 0.1) is 0 Å². The smallest absolute Gasteiger partial charge is 0.0486 e. The quantitative estimate of drug-likeness (QED) is 0.764. The van der Waals surface area contributed by atoms with Crippen LogP contribution >= 0.6 is 0 Å². The average Bonchev–Trinajstić information content (AvgIpc) is 2.75. The minimum absolute atomic E-state index is 0.920. The summed E-state index contributed by atoms with van der Waals surface area (Å²) in [6.45, 7) is 11.3. The Labute approximate surface area is 109 Å². The summed E-state index contributed by atoms with van der Waals surface area (Å²) in [7, 11) is 0. The molecule has 1 N–H and O–H groups in total. The number of nitrogens with one attached hydrogen (secondary N) is 1. The number of para-hydroxylation sites is 1. The second-order valence-corrected chi connectivity index (χ2v) is 4.68. The first-order valence-corrected chi connectivity index (χ1v) is 6.70. The molecule has 0 unspecified atom stereocenters. The molecule has 0 aliphatic carbocycles. The molecule has 0 radical (unpaired) electrons. The summed E-state index contributed by atoms with van der Waals surface area (Å²) in [6.07, 6.45) is 3.29. The van der Waals surface area contributed by atoms with Crippen molar-refractivity contribution in [2.24, 2.45) is 0 Å². The third-order valence-electron chi connectivity index (χ3n) is 3.33. The fourth-order valence-electron chi connectivity index (χ4n) is 2.21. The van der Waals surface area contributed by atoms with Gasteiger partial charge in [-0.05, 0) is 24.6 Å². The van der Waals surface area contributed by atoms with Crippen LogP contribution in [0.5, 0.6) is 0 Å². The summed E-state index contributed by atoms with van der Waals surface area (Å²) in [5.41, 5.74) is 3.95. The molecule has 0 fully saturated rings. The Morgan fingerprint density at radius 3 is 2.78 bits per heavy atom. The van der Waals surface area contributed by atoms with Gasteiger partial charge in [0, 0.05) is 30.2 Å². The summed E-state index contributed by atoms with van der Waals surface area (Å²) in [5, 5.41) is 4.75. The fourth-order valence-corrected chi connectivity index (χ4v) is 2.21. The Hall–Kier alpha value is -1.54. The Morgan fingerprint density at radius 2 is 2.06 bits per heavy atom. The van der Waals surface area contributed by atoms with E-state index in [0.29, 0.717) is 0 Å². The minimum Gasteiger partial charge on any atom is -0.343 e. The van der Waals surface area contributed by atoms with E-state index in [0.717, 1.165) is 26.1 Å². The lowest BCUT2D eigenvalue weighted by Crippen LogP contribution is -2.11. The van der Waals surface area contributed by atoms with Gasteiger partial charge in [0.1, 0.15) is 0 Å². The van der Waals surface area contributed by atoms with Gasteiger partial charge in [0.05, 0.1) is 0 Å². The van der Waals surface area contributed by atoms with E-state index in [1.165, 1.54) is 22.0 Å². The first-order valence-electron chi connectivity index (χ1n) is 6.70. The van der Waals surface area contributed by atoms with Crippen LogP contribution in [0.25, 0.3) is 10.9 Å². The predicted octanol–water partition coefficient (Wildman–Crippen LogP) is 3.72. The highest BCUT2D eigenvalue weighted by atomic mass is 15.0. The van der Waals surface area contributed by atoms with Gasteiger partial charge in [0.2, 0.25) is 0 Å². The Balaban J connectivity index is 2.37. The van der Waals surface area contributed by atoms with Crippen LogP contribution < -0.4 is 5.32 Å². The van der Waals surface area contributed by atoms with Gasteiger partial charge in [-0.15, -0.1) is 0 Å². The highest BCUT2D eigenvalue weighted by molar-refractivity contribution is 5.84. The average molecular weight is 242 g/mol. The fraction of sp³-hybridized carbons (Fsp3) is 0.375. The second-order valence-electron chi connectivity index (χ2n) is 4.68. The maximum absolute atomic E-state index is 4.11. The van der Waals surface area contributed by atoms with Crippen molar-refractivity contribution >= 4 is 10.9 Å². The summed E-state index contributed by atoms with van der Waals surface area (Å²) >= 11 is 0. The molecule has 0 aliphatic heterocycles. The highest BCUT2D eigenvalue weighted by Crippen LogP contribution is 2.22. The zero-order valence-corrected chi connectivity index (χ0v) is 11.4. The van der Waals surface area contributed by atoms with Crippen molar-refractivity contribution in [2.45, 2.75) is 33.4 Å². The third-order valence-corrected chi connectivity index (χ3v) is 3.33. The second kappa shape index (κ2) is 5.87. The molecular formula is C16H22N2. The number of allylic oxidation sites excluding steroid dienone is 1. The summed E-state index contributed by atoms with van der Waals surface area (Å²) < 4.78 is 2.31. The monoisotopic (exact) mass is 242 g/mol. The molecule has 0 atom stereocenters. The molecule has 1 aromatic carbocycles. The molecule has 2 heteroatoms. The van der Waals surface area contributed by atoms with Gasteiger partial charge in [0.25, 0.3) is 0 Å². The van der Waals surface area contributed by atoms with Gasteiger partial charge in [-0.3, -0.25) is 0 Å². The zero-order chi connectivity index (χ0) is 13.0. The van der Waals surface area contributed by atoms with Crippen LogP contribution in [0.1, 0.15) is 25.8 Å². The third kappa shape index (κ3) is 2.65. The summed E-state index contributed by atoms with van der Waals surface area (Å²) in [4.78, 5) is 0. The molecule has 96 valence electrons. The van der Waals surface area contributed by atoms with Crippen LogP contribution in [-0.2, 0) is 13.1 Å². The molecule has 1 aromatic heterocycles. The number of nitrogens with zero attached hydrogens (tertiary/aromatic N) is 1. The number of aromatic nitrogens is 1. The van der Waals surface area contributed by atoms with Gasteiger partial charge in [-0.2, -0.15) is 0 Å². The van der Waals surface area contributed by atoms with Gasteiger partial charge in [-0.1, -0.05) is 44.2 Å². The molecule has 2 aromatic rings. The van der Waals surface area contributed by atoms with Crippen molar-refractivity contribution < 1.29 is 0 Å². The lowest BCUT2D eigenvalue weighted by molar-refractivity contribution is 0.721. The van der Waals surface area contributed by atoms with Crippen LogP contribution in [0.3, 0.4) is 0 Å². The highest BCUT2D eigenvalue weighted by Gasteiger charge is 2.07. The zero-order valence-electron chi connectivity index (χ0n) is 11.4. The number of fused-ring (bicyclic) bond motifs is 1. The summed E-state index contributed by atoms with van der Waals surface area (Å²) in [5.74, 6) is 0. The van der Waals surface area contributed by atoms with E-state index in [1.807, 2.05) is 0 Å². The van der Waals surface area contributed by atoms with Crippen LogP contribution in [0.4, 0.5) is 0 Å². The SMILES string of the molecule is C=C(CC)Cn1cc(CNCC)c2ccccc21. The molecule has 0 saturated carbocycles. The number of rotatable bonds is 6. The van der Waals surface area contributed by atoms with E-state index in [4.69, 9.17) is 0 Å². The van der Waals surface area contributed by atoms with Crippen LogP contribution in [0.2, 0.25) is 0 Å². The predicted molar refractivity (Wildman–Crippen MR) is 78.7 cm³/mol. The topological polar surface area (TPSA) is 17.0 Å². The Bertz CT molecular complexity index is 537.